The average molecular weight is 355 g/mol. The van der Waals surface area contributed by atoms with Crippen molar-refractivity contribution in [2.24, 2.45) is 4.99 Å². The smallest absolute Gasteiger partial charge is 0.191 e. The lowest BCUT2D eigenvalue weighted by Gasteiger charge is -2.33. The zero-order valence-corrected chi connectivity index (χ0v) is 15.6. The fourth-order valence-electron chi connectivity index (χ4n) is 3.29. The van der Waals surface area contributed by atoms with Crippen molar-refractivity contribution in [3.63, 3.8) is 0 Å². The van der Waals surface area contributed by atoms with Crippen LogP contribution in [0.5, 0.6) is 0 Å². The zero-order chi connectivity index (χ0) is 18.0. The number of rotatable bonds is 7. The second-order valence-electron chi connectivity index (χ2n) is 6.74. The van der Waals surface area contributed by atoms with Gasteiger partial charge in [-0.3, -0.25) is 9.89 Å². The minimum atomic E-state index is 0.494. The molecule has 1 aromatic heterocycles. The Morgan fingerprint density at radius 1 is 1.23 bits per heavy atom. The molecule has 0 saturated carbocycles. The molecule has 2 aromatic rings. The van der Waals surface area contributed by atoms with Gasteiger partial charge >= 0.3 is 0 Å². The number of benzene rings is 1. The highest BCUT2D eigenvalue weighted by Gasteiger charge is 2.19. The highest BCUT2D eigenvalue weighted by molar-refractivity contribution is 5.80. The van der Waals surface area contributed by atoms with E-state index in [2.05, 4.69) is 62.3 Å². The number of imidazole rings is 1. The summed E-state index contributed by atoms with van der Waals surface area (Å²) in [7, 11) is 0. The zero-order valence-electron chi connectivity index (χ0n) is 15.6. The van der Waals surface area contributed by atoms with E-state index in [1.807, 2.05) is 12.5 Å². The number of nitrogens with one attached hydrogen (secondary N) is 2. The van der Waals surface area contributed by atoms with Crippen molar-refractivity contribution in [1.82, 2.24) is 25.1 Å². The number of piperidine rings is 1. The topological polar surface area (TPSA) is 57.5 Å². The largest absolute Gasteiger partial charge is 0.357 e. The molecule has 0 bridgehead atoms. The first-order valence-electron chi connectivity index (χ1n) is 9.60. The van der Waals surface area contributed by atoms with Gasteiger partial charge < -0.3 is 15.2 Å². The number of aliphatic imine (C=N–C) groups is 1. The Morgan fingerprint density at radius 3 is 2.73 bits per heavy atom. The van der Waals surface area contributed by atoms with Gasteiger partial charge in [0.25, 0.3) is 0 Å². The Labute approximate surface area is 156 Å². The highest BCUT2D eigenvalue weighted by Crippen LogP contribution is 2.13. The molecule has 26 heavy (non-hydrogen) atoms. The van der Waals surface area contributed by atoms with Gasteiger partial charge in [0.05, 0.1) is 12.9 Å². The first kappa shape index (κ1) is 18.5. The number of aromatic nitrogens is 2. The standard InChI is InChI=1S/C20H30N6/c1-2-22-20(23-11-15-26-14-10-21-17-26)24-19-8-12-25(13-9-19)16-18-6-4-3-5-7-18/h3-7,10,14,17,19H,2,8-9,11-13,15-16H2,1H3,(H2,22,23,24). The normalized spacial score (nSPS) is 16.6. The van der Waals surface area contributed by atoms with Gasteiger partial charge in [-0.1, -0.05) is 30.3 Å². The quantitative estimate of drug-likeness (QED) is 0.591. The summed E-state index contributed by atoms with van der Waals surface area (Å²) in [5.74, 6) is 0.925. The van der Waals surface area contributed by atoms with Crippen LogP contribution < -0.4 is 10.6 Å². The highest BCUT2D eigenvalue weighted by atomic mass is 15.2. The van der Waals surface area contributed by atoms with Crippen molar-refractivity contribution in [3.8, 4) is 0 Å². The molecule has 0 spiro atoms. The fourth-order valence-corrected chi connectivity index (χ4v) is 3.29. The minimum Gasteiger partial charge on any atom is -0.357 e. The SMILES string of the molecule is CCNC(=NCCn1ccnc1)NC1CCN(Cc2ccccc2)CC1. The van der Waals surface area contributed by atoms with E-state index < -0.39 is 0 Å². The van der Waals surface area contributed by atoms with Gasteiger partial charge in [-0.2, -0.15) is 0 Å². The molecule has 3 rings (SSSR count). The summed E-state index contributed by atoms with van der Waals surface area (Å²) in [5.41, 5.74) is 1.40. The lowest BCUT2D eigenvalue weighted by atomic mass is 10.0. The summed E-state index contributed by atoms with van der Waals surface area (Å²) < 4.78 is 2.05. The summed E-state index contributed by atoms with van der Waals surface area (Å²) in [5, 5.41) is 6.97. The lowest BCUT2D eigenvalue weighted by Crippen LogP contribution is -2.48. The number of hydrogen-bond donors (Lipinski definition) is 2. The van der Waals surface area contributed by atoms with Gasteiger partial charge in [0.15, 0.2) is 5.96 Å². The lowest BCUT2D eigenvalue weighted by molar-refractivity contribution is 0.198. The molecule has 0 radical (unpaired) electrons. The van der Waals surface area contributed by atoms with Crippen LogP contribution in [0.4, 0.5) is 0 Å². The molecule has 2 N–H and O–H groups in total. The first-order chi connectivity index (χ1) is 12.8. The van der Waals surface area contributed by atoms with Crippen LogP contribution in [-0.2, 0) is 13.1 Å². The minimum absolute atomic E-state index is 0.494. The molecule has 0 amide bonds. The van der Waals surface area contributed by atoms with E-state index in [1.54, 1.807) is 6.20 Å². The maximum atomic E-state index is 4.70. The van der Waals surface area contributed by atoms with E-state index in [-0.39, 0.29) is 0 Å². The Morgan fingerprint density at radius 2 is 2.04 bits per heavy atom. The first-order valence-corrected chi connectivity index (χ1v) is 9.60. The van der Waals surface area contributed by atoms with Gasteiger partial charge in [-0.25, -0.2) is 4.98 Å². The number of guanidine groups is 1. The maximum absolute atomic E-state index is 4.70. The monoisotopic (exact) mass is 354 g/mol. The van der Waals surface area contributed by atoms with Crippen molar-refractivity contribution in [2.75, 3.05) is 26.2 Å². The predicted molar refractivity (Wildman–Crippen MR) is 106 cm³/mol. The van der Waals surface area contributed by atoms with E-state index in [1.165, 1.54) is 5.56 Å². The molecular weight excluding hydrogens is 324 g/mol. The summed E-state index contributed by atoms with van der Waals surface area (Å²) in [6.07, 6.45) is 7.91. The number of nitrogens with zero attached hydrogens (tertiary/aromatic N) is 4. The third-order valence-electron chi connectivity index (χ3n) is 4.71. The van der Waals surface area contributed by atoms with E-state index in [0.717, 1.165) is 58.1 Å². The average Bonchev–Trinajstić information content (AvgIpc) is 3.18. The van der Waals surface area contributed by atoms with Crippen LogP contribution in [0.15, 0.2) is 54.0 Å². The maximum Gasteiger partial charge on any atom is 0.191 e. The molecule has 0 aliphatic carbocycles. The van der Waals surface area contributed by atoms with Gasteiger partial charge in [-0.05, 0) is 25.3 Å². The van der Waals surface area contributed by atoms with Gasteiger partial charge in [0, 0.05) is 51.2 Å². The molecule has 1 aromatic carbocycles. The van der Waals surface area contributed by atoms with E-state index in [0.29, 0.717) is 6.04 Å². The summed E-state index contributed by atoms with van der Waals surface area (Å²) in [6, 6.07) is 11.2. The van der Waals surface area contributed by atoms with E-state index in [4.69, 9.17) is 4.99 Å². The molecule has 1 fully saturated rings. The second kappa shape index (κ2) is 9.97. The van der Waals surface area contributed by atoms with Gasteiger partial charge in [-0.15, -0.1) is 0 Å². The predicted octanol–water partition coefficient (Wildman–Crippen LogP) is 2.10. The van der Waals surface area contributed by atoms with Crippen LogP contribution in [0, 0.1) is 0 Å². The van der Waals surface area contributed by atoms with Crippen LogP contribution >= 0.6 is 0 Å². The van der Waals surface area contributed by atoms with Crippen molar-refractivity contribution in [3.05, 3.63) is 54.6 Å². The molecular formula is C20H30N6. The van der Waals surface area contributed by atoms with E-state index >= 15 is 0 Å². The molecule has 1 aliphatic rings. The molecule has 1 saturated heterocycles. The second-order valence-corrected chi connectivity index (χ2v) is 6.74. The summed E-state index contributed by atoms with van der Waals surface area (Å²) >= 11 is 0. The molecule has 6 nitrogen and oxygen atoms in total. The molecule has 0 atom stereocenters. The van der Waals surface area contributed by atoms with Crippen molar-refractivity contribution < 1.29 is 0 Å². The van der Waals surface area contributed by atoms with Crippen LogP contribution in [-0.4, -0.2) is 52.6 Å². The number of likely N-dealkylation sites (tertiary alicyclic amines) is 1. The Hall–Kier alpha value is -2.34. The summed E-state index contributed by atoms with van der Waals surface area (Å²) in [6.45, 7) is 7.89. The molecule has 0 unspecified atom stereocenters. The van der Waals surface area contributed by atoms with Crippen molar-refractivity contribution >= 4 is 5.96 Å². The van der Waals surface area contributed by atoms with Crippen molar-refractivity contribution in [1.29, 1.82) is 0 Å². The Balaban J connectivity index is 1.43. The molecule has 6 heteroatoms. The third-order valence-corrected chi connectivity index (χ3v) is 4.71. The summed E-state index contributed by atoms with van der Waals surface area (Å²) in [4.78, 5) is 11.3. The third kappa shape index (κ3) is 5.88. The molecule has 1 aliphatic heterocycles. The van der Waals surface area contributed by atoms with Crippen LogP contribution in [0.1, 0.15) is 25.3 Å². The fraction of sp³-hybridized carbons (Fsp3) is 0.500. The van der Waals surface area contributed by atoms with Gasteiger partial charge in [0.2, 0.25) is 0 Å². The number of hydrogen-bond acceptors (Lipinski definition) is 3. The van der Waals surface area contributed by atoms with Crippen LogP contribution in [0.2, 0.25) is 0 Å². The van der Waals surface area contributed by atoms with E-state index in [9.17, 15) is 0 Å². The Bertz CT molecular complexity index is 644. The van der Waals surface area contributed by atoms with Crippen molar-refractivity contribution in [2.45, 2.75) is 38.9 Å². The Kier molecular flexibility index (Phi) is 7.07. The molecule has 2 heterocycles. The molecule has 140 valence electrons. The van der Waals surface area contributed by atoms with Gasteiger partial charge in [0.1, 0.15) is 0 Å². The van der Waals surface area contributed by atoms with Crippen LogP contribution in [0.3, 0.4) is 0 Å². The van der Waals surface area contributed by atoms with Crippen LogP contribution in [0.25, 0.3) is 0 Å².